The monoisotopic (exact) mass is 584 g/mol. The van der Waals surface area contributed by atoms with Crippen LogP contribution in [-0.2, 0) is 17.1 Å². The maximum absolute atomic E-state index is 13.5. The lowest BCUT2D eigenvalue weighted by Crippen LogP contribution is -2.47. The van der Waals surface area contributed by atoms with Crippen LogP contribution in [0.4, 0.5) is 19.3 Å². The van der Waals surface area contributed by atoms with E-state index in [0.717, 1.165) is 63.4 Å². The molecular formula is C33H46F2N4O3. The molecule has 0 bridgehead atoms. The van der Waals surface area contributed by atoms with Crippen LogP contribution in [0.3, 0.4) is 0 Å². The number of hydrogen-bond acceptors (Lipinski definition) is 5. The van der Waals surface area contributed by atoms with Crippen LogP contribution in [0, 0.1) is 5.92 Å². The summed E-state index contributed by atoms with van der Waals surface area (Å²) >= 11 is 0. The van der Waals surface area contributed by atoms with Gasteiger partial charge in [-0.2, -0.15) is 0 Å². The second-order valence-corrected chi connectivity index (χ2v) is 12.9. The number of hydrogen-bond donors (Lipinski definition) is 1. The highest BCUT2D eigenvalue weighted by atomic mass is 19.3. The van der Waals surface area contributed by atoms with Crippen molar-refractivity contribution < 1.29 is 23.1 Å². The summed E-state index contributed by atoms with van der Waals surface area (Å²) in [7, 11) is 0. The first kappa shape index (κ1) is 31.7. The number of rotatable bonds is 9. The SMILES string of the molecule is CC(C)(C)OC(=O)N1CCC(NC(=O)c2cc(CCCCC3CCN(c4ccc(C(C)(F)F)cc4)CC3)ccn2)CC1. The lowest BCUT2D eigenvalue weighted by atomic mass is 9.90. The van der Waals surface area contributed by atoms with Crippen LogP contribution >= 0.6 is 0 Å². The Kier molecular flexibility index (Phi) is 10.4. The second-order valence-electron chi connectivity index (χ2n) is 12.9. The summed E-state index contributed by atoms with van der Waals surface area (Å²) in [6, 6.07) is 10.6. The van der Waals surface area contributed by atoms with Gasteiger partial charge in [0.1, 0.15) is 11.3 Å². The summed E-state index contributed by atoms with van der Waals surface area (Å²) in [5.74, 6) is -2.29. The highest BCUT2D eigenvalue weighted by Gasteiger charge is 2.28. The molecule has 2 aliphatic rings. The van der Waals surface area contributed by atoms with Crippen LogP contribution in [0.2, 0.25) is 0 Å². The Bertz CT molecular complexity index is 1180. The van der Waals surface area contributed by atoms with Crippen molar-refractivity contribution in [2.24, 2.45) is 5.92 Å². The molecule has 7 nitrogen and oxygen atoms in total. The minimum atomic E-state index is -2.81. The van der Waals surface area contributed by atoms with Crippen LogP contribution in [0.5, 0.6) is 0 Å². The molecule has 2 amide bonds. The fraction of sp³-hybridized carbons (Fsp3) is 0.606. The largest absolute Gasteiger partial charge is 0.444 e. The quantitative estimate of drug-likeness (QED) is 0.323. The van der Waals surface area contributed by atoms with Crippen LogP contribution in [0.15, 0.2) is 42.6 Å². The number of unbranched alkanes of at least 4 members (excludes halogenated alkanes) is 1. The average molecular weight is 585 g/mol. The molecule has 2 aromatic rings. The first-order valence-corrected chi connectivity index (χ1v) is 15.3. The van der Waals surface area contributed by atoms with E-state index in [1.54, 1.807) is 11.1 Å². The van der Waals surface area contributed by atoms with Gasteiger partial charge in [-0.25, -0.2) is 13.6 Å². The van der Waals surface area contributed by atoms with Crippen LogP contribution in [0.25, 0.3) is 0 Å². The zero-order valence-corrected chi connectivity index (χ0v) is 25.5. The van der Waals surface area contributed by atoms with Crippen molar-refractivity contribution in [3.63, 3.8) is 0 Å². The molecule has 0 radical (unpaired) electrons. The maximum atomic E-state index is 13.5. The van der Waals surface area contributed by atoms with Gasteiger partial charge >= 0.3 is 6.09 Å². The van der Waals surface area contributed by atoms with E-state index in [-0.39, 0.29) is 23.6 Å². The molecule has 2 saturated heterocycles. The fourth-order valence-corrected chi connectivity index (χ4v) is 5.75. The molecule has 1 aromatic carbocycles. The van der Waals surface area contributed by atoms with E-state index in [4.69, 9.17) is 4.74 Å². The topological polar surface area (TPSA) is 74.8 Å². The average Bonchev–Trinajstić information content (AvgIpc) is 2.95. The Balaban J connectivity index is 1.14. The summed E-state index contributed by atoms with van der Waals surface area (Å²) < 4.78 is 32.4. The van der Waals surface area contributed by atoms with E-state index in [9.17, 15) is 18.4 Å². The number of aryl methyl sites for hydroxylation is 1. The number of anilines is 1. The molecular weight excluding hydrogens is 538 g/mol. The van der Waals surface area contributed by atoms with Crippen molar-refractivity contribution in [3.8, 4) is 0 Å². The first-order valence-electron chi connectivity index (χ1n) is 15.3. The molecule has 0 saturated carbocycles. The number of nitrogens with zero attached hydrogens (tertiary/aromatic N) is 3. The van der Waals surface area contributed by atoms with Crippen LogP contribution in [-0.4, -0.2) is 59.7 Å². The Labute approximate surface area is 249 Å². The Hall–Kier alpha value is -3.23. The van der Waals surface area contributed by atoms with E-state index in [0.29, 0.717) is 37.5 Å². The number of carbonyl (C=O) groups is 2. The van der Waals surface area contributed by atoms with Gasteiger partial charge in [-0.05, 0) is 95.0 Å². The molecule has 2 fully saturated rings. The van der Waals surface area contributed by atoms with Crippen molar-refractivity contribution >= 4 is 17.7 Å². The molecule has 4 rings (SSSR count). The predicted octanol–water partition coefficient (Wildman–Crippen LogP) is 6.95. The third-order valence-electron chi connectivity index (χ3n) is 8.22. The van der Waals surface area contributed by atoms with Gasteiger partial charge in [-0.1, -0.05) is 25.0 Å². The van der Waals surface area contributed by atoms with Crippen molar-refractivity contribution in [3.05, 3.63) is 59.4 Å². The first-order chi connectivity index (χ1) is 19.9. The smallest absolute Gasteiger partial charge is 0.410 e. The van der Waals surface area contributed by atoms with Gasteiger partial charge in [0.25, 0.3) is 11.8 Å². The standard InChI is InChI=1S/C33H46F2N4O3/c1-32(2,3)42-31(41)39-21-16-27(17-22-39)37-30(40)29-23-25(13-18-36-29)8-6-5-7-24-14-19-38(20-15-24)28-11-9-26(10-12-28)33(4,34)35/h9-13,18,23-24,27H,5-8,14-17,19-22H2,1-4H3,(H,37,40). The van der Waals surface area contributed by atoms with Crippen LogP contribution in [0.1, 0.15) is 94.3 Å². The third kappa shape index (κ3) is 9.39. The Morgan fingerprint density at radius 3 is 2.24 bits per heavy atom. The van der Waals surface area contributed by atoms with Crippen LogP contribution < -0.4 is 10.2 Å². The Morgan fingerprint density at radius 2 is 1.62 bits per heavy atom. The molecule has 0 aliphatic carbocycles. The van der Waals surface area contributed by atoms with Gasteiger partial charge in [-0.15, -0.1) is 0 Å². The molecule has 1 aromatic heterocycles. The highest BCUT2D eigenvalue weighted by molar-refractivity contribution is 5.92. The van der Waals surface area contributed by atoms with E-state index in [2.05, 4.69) is 15.2 Å². The lowest BCUT2D eigenvalue weighted by molar-refractivity contribution is 0.0172. The number of pyridine rings is 1. The predicted molar refractivity (Wildman–Crippen MR) is 161 cm³/mol. The minimum absolute atomic E-state index is 0.00788. The van der Waals surface area contributed by atoms with E-state index in [1.807, 2.05) is 45.0 Å². The van der Waals surface area contributed by atoms with Gasteiger partial charge in [0.15, 0.2) is 0 Å². The van der Waals surface area contributed by atoms with Crippen molar-refractivity contribution in [1.29, 1.82) is 0 Å². The molecule has 2 aliphatic heterocycles. The summed E-state index contributed by atoms with van der Waals surface area (Å²) in [6.07, 6.45) is 9.28. The molecule has 9 heteroatoms. The Morgan fingerprint density at radius 1 is 0.952 bits per heavy atom. The van der Waals surface area contributed by atoms with Crippen molar-refractivity contribution in [2.75, 3.05) is 31.1 Å². The highest BCUT2D eigenvalue weighted by Crippen LogP contribution is 2.31. The van der Waals surface area contributed by atoms with Gasteiger partial charge < -0.3 is 19.9 Å². The summed E-state index contributed by atoms with van der Waals surface area (Å²) in [4.78, 5) is 33.5. The number of benzene rings is 1. The molecule has 42 heavy (non-hydrogen) atoms. The number of aromatic nitrogens is 1. The molecule has 0 atom stereocenters. The molecule has 230 valence electrons. The number of likely N-dealkylation sites (tertiary alicyclic amines) is 1. The number of piperidine rings is 2. The molecule has 0 spiro atoms. The number of alkyl halides is 2. The van der Waals surface area contributed by atoms with E-state index >= 15 is 0 Å². The second kappa shape index (κ2) is 13.8. The maximum Gasteiger partial charge on any atom is 0.410 e. The molecule has 1 N–H and O–H groups in total. The lowest BCUT2D eigenvalue weighted by Gasteiger charge is -2.34. The number of halogens is 2. The normalized spacial score (nSPS) is 17.3. The number of ether oxygens (including phenoxy) is 1. The van der Waals surface area contributed by atoms with Gasteiger partial charge in [-0.3, -0.25) is 9.78 Å². The van der Waals surface area contributed by atoms with Crippen molar-refractivity contribution in [1.82, 2.24) is 15.2 Å². The van der Waals surface area contributed by atoms with Gasteiger partial charge in [0, 0.05) is 56.6 Å². The van der Waals surface area contributed by atoms with E-state index < -0.39 is 11.5 Å². The summed E-state index contributed by atoms with van der Waals surface area (Å²) in [6.45, 7) is 9.52. The number of amides is 2. The number of nitrogens with one attached hydrogen (secondary N) is 1. The van der Waals surface area contributed by atoms with E-state index in [1.165, 1.54) is 18.6 Å². The summed E-state index contributed by atoms with van der Waals surface area (Å²) in [5.41, 5.74) is 2.11. The van der Waals surface area contributed by atoms with Crippen molar-refractivity contribution in [2.45, 2.75) is 96.6 Å². The van der Waals surface area contributed by atoms with Gasteiger partial charge in [0.05, 0.1) is 0 Å². The van der Waals surface area contributed by atoms with Gasteiger partial charge in [0.2, 0.25) is 0 Å². The third-order valence-corrected chi connectivity index (χ3v) is 8.22. The summed E-state index contributed by atoms with van der Waals surface area (Å²) in [5, 5.41) is 3.09. The number of carbonyl (C=O) groups excluding carboxylic acids is 2. The minimum Gasteiger partial charge on any atom is -0.444 e. The molecule has 0 unspecified atom stereocenters. The zero-order valence-electron chi connectivity index (χ0n) is 25.5. The zero-order chi connectivity index (χ0) is 30.3. The molecule has 3 heterocycles. The fourth-order valence-electron chi connectivity index (χ4n) is 5.75.